The first-order valence-electron chi connectivity index (χ1n) is 10.4. The number of hydrogen-bond acceptors (Lipinski definition) is 3. The van der Waals surface area contributed by atoms with E-state index in [2.05, 4.69) is 11.4 Å². The van der Waals surface area contributed by atoms with Gasteiger partial charge in [0.05, 0.1) is 18.0 Å². The first kappa shape index (κ1) is 23.9. The van der Waals surface area contributed by atoms with E-state index in [1.165, 1.54) is 9.87 Å². The van der Waals surface area contributed by atoms with Crippen LogP contribution < -0.4 is 9.62 Å². The summed E-state index contributed by atoms with van der Waals surface area (Å²) in [6.45, 7) is 11.7. The lowest BCUT2D eigenvalue weighted by atomic mass is 9.97. The van der Waals surface area contributed by atoms with Crippen LogP contribution in [-0.2, 0) is 14.8 Å². The standard InChI is InChI=1S/C24H34N2O3S/c1-8-21(20-13-11-16(3)14-19(20)6)25-24(27)22(9-2)26(30(7,28)29)23-15-17(4)10-12-18(23)5/h10-15,21-22H,8-9H2,1-7H3,(H,25,27)/t21-,22+/m1/s1. The normalized spacial score (nSPS) is 13.6. The van der Waals surface area contributed by atoms with Crippen molar-refractivity contribution in [2.75, 3.05) is 10.6 Å². The average molecular weight is 431 g/mol. The van der Waals surface area contributed by atoms with E-state index in [0.29, 0.717) is 18.5 Å². The Morgan fingerprint density at radius 3 is 2.07 bits per heavy atom. The molecule has 0 saturated carbocycles. The minimum atomic E-state index is -3.66. The zero-order chi connectivity index (χ0) is 22.6. The number of amides is 1. The molecule has 0 heterocycles. The molecule has 0 aliphatic heterocycles. The van der Waals surface area contributed by atoms with Gasteiger partial charge in [-0.25, -0.2) is 8.42 Å². The number of nitrogens with zero attached hydrogens (tertiary/aromatic N) is 1. The maximum Gasteiger partial charge on any atom is 0.244 e. The number of nitrogens with one attached hydrogen (secondary N) is 1. The minimum Gasteiger partial charge on any atom is -0.347 e. The Kier molecular flexibility index (Phi) is 7.70. The Morgan fingerprint density at radius 1 is 0.933 bits per heavy atom. The van der Waals surface area contributed by atoms with Crippen LogP contribution in [0.4, 0.5) is 5.69 Å². The van der Waals surface area contributed by atoms with Crippen LogP contribution in [0.2, 0.25) is 0 Å². The molecule has 0 saturated heterocycles. The fraction of sp³-hybridized carbons (Fsp3) is 0.458. The molecule has 0 unspecified atom stereocenters. The van der Waals surface area contributed by atoms with E-state index in [-0.39, 0.29) is 11.9 Å². The fourth-order valence-electron chi connectivity index (χ4n) is 3.88. The van der Waals surface area contributed by atoms with Crippen molar-refractivity contribution in [3.05, 3.63) is 64.2 Å². The van der Waals surface area contributed by atoms with E-state index in [9.17, 15) is 13.2 Å². The molecule has 0 spiro atoms. The topological polar surface area (TPSA) is 66.5 Å². The molecule has 164 valence electrons. The number of sulfonamides is 1. The molecule has 0 bridgehead atoms. The molecule has 5 nitrogen and oxygen atoms in total. The largest absolute Gasteiger partial charge is 0.347 e. The van der Waals surface area contributed by atoms with E-state index in [1.54, 1.807) is 0 Å². The van der Waals surface area contributed by atoms with Crippen molar-refractivity contribution in [2.24, 2.45) is 0 Å². The van der Waals surface area contributed by atoms with Crippen molar-refractivity contribution in [2.45, 2.75) is 66.5 Å². The highest BCUT2D eigenvalue weighted by Gasteiger charge is 2.33. The van der Waals surface area contributed by atoms with Gasteiger partial charge < -0.3 is 5.32 Å². The van der Waals surface area contributed by atoms with Gasteiger partial charge in [0.1, 0.15) is 6.04 Å². The number of carbonyl (C=O) groups is 1. The first-order valence-corrected chi connectivity index (χ1v) is 12.3. The highest BCUT2D eigenvalue weighted by atomic mass is 32.2. The van der Waals surface area contributed by atoms with Gasteiger partial charge >= 0.3 is 0 Å². The van der Waals surface area contributed by atoms with Crippen LogP contribution >= 0.6 is 0 Å². The van der Waals surface area contributed by atoms with Crippen LogP contribution in [0.3, 0.4) is 0 Å². The van der Waals surface area contributed by atoms with Gasteiger partial charge in [0.25, 0.3) is 0 Å². The summed E-state index contributed by atoms with van der Waals surface area (Å²) in [5.41, 5.74) is 5.66. The second-order valence-corrected chi connectivity index (χ2v) is 9.96. The summed E-state index contributed by atoms with van der Waals surface area (Å²) in [6, 6.07) is 10.8. The Balaban J connectivity index is 2.43. The Bertz CT molecular complexity index is 1020. The van der Waals surface area contributed by atoms with Crippen LogP contribution in [0.1, 0.15) is 60.5 Å². The Labute approximate surface area is 181 Å². The molecule has 0 radical (unpaired) electrons. The number of carbonyl (C=O) groups excluding carboxylic acids is 1. The van der Waals surface area contributed by atoms with Crippen molar-refractivity contribution < 1.29 is 13.2 Å². The van der Waals surface area contributed by atoms with Crippen molar-refractivity contribution in [3.8, 4) is 0 Å². The second kappa shape index (κ2) is 9.65. The minimum absolute atomic E-state index is 0.174. The van der Waals surface area contributed by atoms with E-state index in [0.717, 1.165) is 28.5 Å². The fourth-order valence-corrected chi connectivity index (χ4v) is 5.14. The van der Waals surface area contributed by atoms with Gasteiger partial charge in [-0.05, 0) is 68.9 Å². The molecule has 2 rings (SSSR count). The molecular formula is C24H34N2O3S. The number of hydrogen-bond donors (Lipinski definition) is 1. The molecule has 0 aliphatic rings. The van der Waals surface area contributed by atoms with Crippen molar-refractivity contribution in [3.63, 3.8) is 0 Å². The summed E-state index contributed by atoms with van der Waals surface area (Å²) >= 11 is 0. The average Bonchev–Trinajstić information content (AvgIpc) is 2.65. The molecule has 6 heteroatoms. The molecule has 1 amide bonds. The van der Waals surface area contributed by atoms with Crippen molar-refractivity contribution in [1.82, 2.24) is 5.32 Å². The first-order chi connectivity index (χ1) is 14.0. The number of rotatable bonds is 8. The quantitative estimate of drug-likeness (QED) is 0.658. The Morgan fingerprint density at radius 2 is 1.53 bits per heavy atom. The second-order valence-electron chi connectivity index (χ2n) is 8.10. The van der Waals surface area contributed by atoms with Crippen LogP contribution in [-0.4, -0.2) is 26.6 Å². The van der Waals surface area contributed by atoms with Gasteiger partial charge in [0.2, 0.25) is 15.9 Å². The maximum atomic E-state index is 13.3. The molecular weight excluding hydrogens is 396 g/mol. The number of anilines is 1. The van der Waals surface area contributed by atoms with Gasteiger partial charge in [0.15, 0.2) is 0 Å². The lowest BCUT2D eigenvalue weighted by Gasteiger charge is -2.33. The zero-order valence-corrected chi connectivity index (χ0v) is 19.9. The lowest BCUT2D eigenvalue weighted by Crippen LogP contribution is -2.50. The van der Waals surface area contributed by atoms with Crippen LogP contribution in [0, 0.1) is 27.7 Å². The van der Waals surface area contributed by atoms with E-state index < -0.39 is 16.1 Å². The highest BCUT2D eigenvalue weighted by Crippen LogP contribution is 2.28. The molecule has 2 aromatic rings. The molecule has 2 aromatic carbocycles. The monoisotopic (exact) mass is 430 g/mol. The third kappa shape index (κ3) is 5.42. The molecule has 2 atom stereocenters. The zero-order valence-electron chi connectivity index (χ0n) is 19.1. The molecule has 0 aliphatic carbocycles. The summed E-state index contributed by atoms with van der Waals surface area (Å²) in [5.74, 6) is -0.282. The lowest BCUT2D eigenvalue weighted by molar-refractivity contribution is -0.123. The third-order valence-corrected chi connectivity index (χ3v) is 6.62. The molecule has 1 N–H and O–H groups in total. The van der Waals surface area contributed by atoms with Gasteiger partial charge in [-0.3, -0.25) is 9.10 Å². The summed E-state index contributed by atoms with van der Waals surface area (Å²) in [6.07, 6.45) is 2.25. The van der Waals surface area contributed by atoms with E-state index in [4.69, 9.17) is 0 Å². The molecule has 30 heavy (non-hydrogen) atoms. The van der Waals surface area contributed by atoms with Gasteiger partial charge in [-0.15, -0.1) is 0 Å². The van der Waals surface area contributed by atoms with Crippen LogP contribution in [0.15, 0.2) is 36.4 Å². The smallest absolute Gasteiger partial charge is 0.244 e. The molecule has 0 fully saturated rings. The predicted molar refractivity (Wildman–Crippen MR) is 124 cm³/mol. The highest BCUT2D eigenvalue weighted by molar-refractivity contribution is 7.92. The van der Waals surface area contributed by atoms with E-state index in [1.807, 2.05) is 71.9 Å². The van der Waals surface area contributed by atoms with Gasteiger partial charge in [0, 0.05) is 0 Å². The summed E-state index contributed by atoms with van der Waals surface area (Å²) in [4.78, 5) is 13.3. The Hall–Kier alpha value is -2.34. The SMILES string of the molecule is CC[C@@H](NC(=O)[C@H](CC)N(c1cc(C)ccc1C)S(C)(=O)=O)c1ccc(C)cc1C. The third-order valence-electron chi connectivity index (χ3n) is 5.46. The van der Waals surface area contributed by atoms with Crippen LogP contribution in [0.5, 0.6) is 0 Å². The van der Waals surface area contributed by atoms with Crippen LogP contribution in [0.25, 0.3) is 0 Å². The summed E-state index contributed by atoms with van der Waals surface area (Å²) in [5, 5.41) is 3.11. The molecule has 0 aromatic heterocycles. The van der Waals surface area contributed by atoms with Crippen molar-refractivity contribution in [1.29, 1.82) is 0 Å². The number of benzene rings is 2. The number of aryl methyl sites for hydroxylation is 4. The van der Waals surface area contributed by atoms with E-state index >= 15 is 0 Å². The van der Waals surface area contributed by atoms with Gasteiger partial charge in [-0.1, -0.05) is 49.7 Å². The summed E-state index contributed by atoms with van der Waals surface area (Å²) < 4.78 is 26.8. The maximum absolute atomic E-state index is 13.3. The van der Waals surface area contributed by atoms with Gasteiger partial charge in [-0.2, -0.15) is 0 Å². The predicted octanol–water partition coefficient (Wildman–Crippen LogP) is 4.73. The van der Waals surface area contributed by atoms with Crippen molar-refractivity contribution >= 4 is 21.6 Å². The summed E-state index contributed by atoms with van der Waals surface area (Å²) in [7, 11) is -3.66.